The summed E-state index contributed by atoms with van der Waals surface area (Å²) >= 11 is 9.53. The monoisotopic (exact) mass is 369 g/mol. The van der Waals surface area contributed by atoms with Crippen LogP contribution in [0.15, 0.2) is 41.1 Å². The summed E-state index contributed by atoms with van der Waals surface area (Å²) in [5.41, 5.74) is 4.66. The molecule has 0 bridgehead atoms. The lowest BCUT2D eigenvalue weighted by atomic mass is 10.0. The highest BCUT2D eigenvalue weighted by Gasteiger charge is 2.15. The third kappa shape index (κ3) is 4.17. The van der Waals surface area contributed by atoms with Gasteiger partial charge in [-0.05, 0) is 59.1 Å². The fourth-order valence-electron chi connectivity index (χ4n) is 2.01. The zero-order valence-electron chi connectivity index (χ0n) is 11.8. The molecule has 1 aromatic heterocycles. The first-order valence-electron chi connectivity index (χ1n) is 6.54. The van der Waals surface area contributed by atoms with Gasteiger partial charge in [0.15, 0.2) is 0 Å². The van der Waals surface area contributed by atoms with E-state index in [-0.39, 0.29) is 12.1 Å². The maximum atomic E-state index is 6.15. The Labute approximate surface area is 137 Å². The molecular weight excluding hydrogens is 354 g/mol. The fraction of sp³-hybridized carbons (Fsp3) is 0.267. The summed E-state index contributed by atoms with van der Waals surface area (Å²) < 4.78 is 6.51. The van der Waals surface area contributed by atoms with Crippen molar-refractivity contribution < 1.29 is 4.74 Å². The SMILES string of the molecule is CC(C)Oc1cncc(C(NN)c2ccc(Br)c(Cl)c2)c1. The molecule has 0 spiro atoms. The smallest absolute Gasteiger partial charge is 0.138 e. The van der Waals surface area contributed by atoms with Gasteiger partial charge in [-0.2, -0.15) is 0 Å². The number of nitrogens with one attached hydrogen (secondary N) is 1. The highest BCUT2D eigenvalue weighted by atomic mass is 79.9. The van der Waals surface area contributed by atoms with Gasteiger partial charge in [0.05, 0.1) is 23.4 Å². The van der Waals surface area contributed by atoms with E-state index in [1.54, 1.807) is 12.4 Å². The molecule has 0 radical (unpaired) electrons. The number of hydrogen-bond acceptors (Lipinski definition) is 4. The number of ether oxygens (including phenoxy) is 1. The molecule has 1 aromatic carbocycles. The van der Waals surface area contributed by atoms with Crippen LogP contribution in [0.5, 0.6) is 5.75 Å². The molecule has 1 atom stereocenters. The number of aromatic nitrogens is 1. The van der Waals surface area contributed by atoms with E-state index in [4.69, 9.17) is 22.2 Å². The van der Waals surface area contributed by atoms with E-state index in [0.717, 1.165) is 15.6 Å². The summed E-state index contributed by atoms with van der Waals surface area (Å²) in [6, 6.07) is 7.43. The van der Waals surface area contributed by atoms with Crippen molar-refractivity contribution in [3.05, 3.63) is 57.3 Å². The second kappa shape index (κ2) is 7.22. The average molecular weight is 371 g/mol. The van der Waals surface area contributed by atoms with E-state index in [0.29, 0.717) is 10.8 Å². The third-order valence-electron chi connectivity index (χ3n) is 2.88. The number of pyridine rings is 1. The average Bonchev–Trinajstić information content (AvgIpc) is 2.43. The van der Waals surface area contributed by atoms with Gasteiger partial charge in [-0.15, -0.1) is 0 Å². The normalized spacial score (nSPS) is 12.5. The first-order chi connectivity index (χ1) is 10.0. The van der Waals surface area contributed by atoms with Crippen LogP contribution in [0.1, 0.15) is 31.0 Å². The topological polar surface area (TPSA) is 60.2 Å². The molecule has 2 aromatic rings. The molecule has 0 amide bonds. The molecule has 0 aliphatic carbocycles. The molecule has 1 heterocycles. The van der Waals surface area contributed by atoms with E-state index in [9.17, 15) is 0 Å². The highest BCUT2D eigenvalue weighted by molar-refractivity contribution is 9.10. The Morgan fingerprint density at radius 1 is 1.24 bits per heavy atom. The molecule has 6 heteroatoms. The summed E-state index contributed by atoms with van der Waals surface area (Å²) in [5.74, 6) is 6.42. The maximum absolute atomic E-state index is 6.15. The van der Waals surface area contributed by atoms with Crippen LogP contribution in [0.4, 0.5) is 0 Å². The minimum absolute atomic E-state index is 0.0912. The van der Waals surface area contributed by atoms with Crippen molar-refractivity contribution in [3.8, 4) is 5.75 Å². The minimum atomic E-state index is -0.209. The predicted molar refractivity (Wildman–Crippen MR) is 88.3 cm³/mol. The van der Waals surface area contributed by atoms with Crippen LogP contribution in [0, 0.1) is 0 Å². The highest BCUT2D eigenvalue weighted by Crippen LogP contribution is 2.29. The Morgan fingerprint density at radius 2 is 2.00 bits per heavy atom. The van der Waals surface area contributed by atoms with Crippen LogP contribution in [-0.2, 0) is 0 Å². The first-order valence-corrected chi connectivity index (χ1v) is 7.71. The van der Waals surface area contributed by atoms with Crippen molar-refractivity contribution >= 4 is 27.5 Å². The van der Waals surface area contributed by atoms with Crippen LogP contribution in [-0.4, -0.2) is 11.1 Å². The van der Waals surface area contributed by atoms with Crippen molar-refractivity contribution in [2.75, 3.05) is 0 Å². The van der Waals surface area contributed by atoms with Gasteiger partial charge in [0.2, 0.25) is 0 Å². The molecular formula is C15H17BrClN3O. The Bertz CT molecular complexity index is 622. The van der Waals surface area contributed by atoms with Crippen molar-refractivity contribution in [3.63, 3.8) is 0 Å². The van der Waals surface area contributed by atoms with Gasteiger partial charge >= 0.3 is 0 Å². The van der Waals surface area contributed by atoms with Crippen LogP contribution < -0.4 is 16.0 Å². The molecule has 0 aliphatic rings. The fourth-order valence-corrected chi connectivity index (χ4v) is 2.44. The van der Waals surface area contributed by atoms with Gasteiger partial charge in [0.1, 0.15) is 5.75 Å². The lowest BCUT2D eigenvalue weighted by Gasteiger charge is -2.18. The van der Waals surface area contributed by atoms with Crippen molar-refractivity contribution in [2.45, 2.75) is 26.0 Å². The molecule has 0 fully saturated rings. The number of nitrogens with zero attached hydrogens (tertiary/aromatic N) is 1. The Morgan fingerprint density at radius 3 is 2.62 bits per heavy atom. The largest absolute Gasteiger partial charge is 0.489 e. The number of hydrogen-bond donors (Lipinski definition) is 2. The number of hydrazine groups is 1. The summed E-state index contributed by atoms with van der Waals surface area (Å²) in [4.78, 5) is 4.21. The predicted octanol–water partition coefficient (Wildman–Crippen LogP) is 3.84. The van der Waals surface area contributed by atoms with Gasteiger partial charge in [0, 0.05) is 10.7 Å². The van der Waals surface area contributed by atoms with Crippen molar-refractivity contribution in [2.24, 2.45) is 5.84 Å². The number of halogens is 2. The van der Waals surface area contributed by atoms with Crippen LogP contribution >= 0.6 is 27.5 Å². The second-order valence-corrected chi connectivity index (χ2v) is 6.16. The first kappa shape index (κ1) is 16.2. The Hall–Kier alpha value is -1.14. The summed E-state index contributed by atoms with van der Waals surface area (Å²) in [6.07, 6.45) is 3.53. The molecule has 0 saturated heterocycles. The number of nitrogens with two attached hydrogens (primary N) is 1. The van der Waals surface area contributed by atoms with E-state index in [1.165, 1.54) is 0 Å². The standard InChI is InChI=1S/C15H17BrClN3O/c1-9(2)21-12-5-11(7-19-8-12)15(20-18)10-3-4-13(16)14(17)6-10/h3-9,15,20H,18H2,1-2H3. The number of rotatable bonds is 5. The van der Waals surface area contributed by atoms with Crippen LogP contribution in [0.3, 0.4) is 0 Å². The maximum Gasteiger partial charge on any atom is 0.138 e. The second-order valence-electron chi connectivity index (χ2n) is 4.89. The molecule has 1 unspecified atom stereocenters. The quantitative estimate of drug-likeness (QED) is 0.620. The Kier molecular flexibility index (Phi) is 5.58. The Balaban J connectivity index is 2.34. The van der Waals surface area contributed by atoms with Gasteiger partial charge in [-0.3, -0.25) is 10.8 Å². The van der Waals surface area contributed by atoms with Gasteiger partial charge < -0.3 is 4.74 Å². The van der Waals surface area contributed by atoms with E-state index in [1.807, 2.05) is 38.1 Å². The molecule has 3 N–H and O–H groups in total. The zero-order chi connectivity index (χ0) is 15.4. The summed E-state index contributed by atoms with van der Waals surface area (Å²) in [5, 5.41) is 0.635. The molecule has 21 heavy (non-hydrogen) atoms. The molecule has 112 valence electrons. The lowest BCUT2D eigenvalue weighted by Crippen LogP contribution is -2.29. The van der Waals surface area contributed by atoms with Gasteiger partial charge in [-0.25, -0.2) is 5.43 Å². The lowest BCUT2D eigenvalue weighted by molar-refractivity contribution is 0.241. The summed E-state index contributed by atoms with van der Waals surface area (Å²) in [7, 11) is 0. The number of benzene rings is 1. The van der Waals surface area contributed by atoms with E-state index in [2.05, 4.69) is 26.3 Å². The summed E-state index contributed by atoms with van der Waals surface area (Å²) in [6.45, 7) is 3.94. The van der Waals surface area contributed by atoms with Gasteiger partial charge in [-0.1, -0.05) is 17.7 Å². The van der Waals surface area contributed by atoms with Crippen molar-refractivity contribution in [1.82, 2.24) is 10.4 Å². The molecule has 0 saturated carbocycles. The molecule has 2 rings (SSSR count). The van der Waals surface area contributed by atoms with Gasteiger partial charge in [0.25, 0.3) is 0 Å². The van der Waals surface area contributed by atoms with Crippen molar-refractivity contribution in [1.29, 1.82) is 0 Å². The molecule has 4 nitrogen and oxygen atoms in total. The third-order valence-corrected chi connectivity index (χ3v) is 4.12. The molecule has 0 aliphatic heterocycles. The van der Waals surface area contributed by atoms with Crippen LogP contribution in [0.2, 0.25) is 5.02 Å². The minimum Gasteiger partial charge on any atom is -0.489 e. The van der Waals surface area contributed by atoms with E-state index < -0.39 is 0 Å². The van der Waals surface area contributed by atoms with E-state index >= 15 is 0 Å². The zero-order valence-corrected chi connectivity index (χ0v) is 14.1. The van der Waals surface area contributed by atoms with Crippen LogP contribution in [0.25, 0.3) is 0 Å².